The number of fused-ring (bicyclic) bond motifs is 4. The molecule has 0 unspecified atom stereocenters. The zero-order valence-electron chi connectivity index (χ0n) is 12.2. The first-order valence-electron chi connectivity index (χ1n) is 7.96. The van der Waals surface area contributed by atoms with Gasteiger partial charge in [0.1, 0.15) is 0 Å². The minimum atomic E-state index is 0.319. The van der Waals surface area contributed by atoms with E-state index in [1.165, 1.54) is 38.0 Å². The summed E-state index contributed by atoms with van der Waals surface area (Å²) in [5, 5.41) is 9.02. The lowest BCUT2D eigenvalue weighted by atomic mass is 9.94. The van der Waals surface area contributed by atoms with E-state index >= 15 is 0 Å². The standard InChI is InChI=1S/C17H26N2O/c20-10-4-9-18-11-16-7-8-17(14-18)19(13-16)12-15-5-2-1-3-6-15/h1-3,5-6,16-17,20H,4,7-14H2/t16-,17+/m1/s1. The molecule has 1 N–H and O–H groups in total. The minimum absolute atomic E-state index is 0.319. The zero-order valence-corrected chi connectivity index (χ0v) is 12.2. The molecule has 3 aliphatic rings. The molecule has 0 saturated carbocycles. The van der Waals surface area contributed by atoms with Crippen molar-refractivity contribution in [3.8, 4) is 0 Å². The predicted molar refractivity (Wildman–Crippen MR) is 81.5 cm³/mol. The summed E-state index contributed by atoms with van der Waals surface area (Å²) in [5.74, 6) is 0.816. The third kappa shape index (κ3) is 3.40. The van der Waals surface area contributed by atoms with Crippen LogP contribution in [0.25, 0.3) is 0 Å². The summed E-state index contributed by atoms with van der Waals surface area (Å²) in [4.78, 5) is 5.26. The first-order valence-corrected chi connectivity index (χ1v) is 7.96. The van der Waals surface area contributed by atoms with E-state index in [1.807, 2.05) is 0 Å². The van der Waals surface area contributed by atoms with E-state index in [4.69, 9.17) is 5.11 Å². The highest BCUT2D eigenvalue weighted by Gasteiger charge is 2.34. The molecule has 1 aromatic rings. The Morgan fingerprint density at radius 1 is 1.05 bits per heavy atom. The lowest BCUT2D eigenvalue weighted by Gasteiger charge is -2.36. The number of rotatable bonds is 5. The Labute approximate surface area is 122 Å². The van der Waals surface area contributed by atoms with Crippen LogP contribution in [-0.4, -0.2) is 53.7 Å². The largest absolute Gasteiger partial charge is 0.396 e. The Morgan fingerprint density at radius 2 is 1.90 bits per heavy atom. The maximum absolute atomic E-state index is 9.02. The molecule has 4 rings (SSSR count). The van der Waals surface area contributed by atoms with Gasteiger partial charge in [0.25, 0.3) is 0 Å². The van der Waals surface area contributed by atoms with Gasteiger partial charge in [-0.15, -0.1) is 0 Å². The van der Waals surface area contributed by atoms with Crippen molar-refractivity contribution in [1.29, 1.82) is 0 Å². The number of nitrogens with zero attached hydrogens (tertiary/aromatic N) is 2. The van der Waals surface area contributed by atoms with Crippen molar-refractivity contribution in [2.24, 2.45) is 5.92 Å². The minimum Gasteiger partial charge on any atom is -0.396 e. The van der Waals surface area contributed by atoms with Gasteiger partial charge in [0.05, 0.1) is 0 Å². The second-order valence-electron chi connectivity index (χ2n) is 6.35. The molecule has 0 radical (unpaired) electrons. The molecule has 3 heteroatoms. The molecule has 3 fully saturated rings. The molecule has 1 aromatic carbocycles. The number of hydrogen-bond acceptors (Lipinski definition) is 3. The van der Waals surface area contributed by atoms with E-state index in [0.717, 1.165) is 25.4 Å². The van der Waals surface area contributed by atoms with E-state index in [-0.39, 0.29) is 0 Å². The van der Waals surface area contributed by atoms with Gasteiger partial charge in [0, 0.05) is 45.4 Å². The van der Waals surface area contributed by atoms with Gasteiger partial charge in [-0.2, -0.15) is 0 Å². The van der Waals surface area contributed by atoms with E-state index in [2.05, 4.69) is 40.1 Å². The quantitative estimate of drug-likeness (QED) is 0.889. The highest BCUT2D eigenvalue weighted by Crippen LogP contribution is 2.29. The van der Waals surface area contributed by atoms with Crippen LogP contribution in [0.5, 0.6) is 0 Å². The summed E-state index contributed by atoms with van der Waals surface area (Å²) < 4.78 is 0. The van der Waals surface area contributed by atoms with Crippen molar-refractivity contribution in [3.63, 3.8) is 0 Å². The average Bonchev–Trinajstić information content (AvgIpc) is 2.77. The number of benzene rings is 1. The molecule has 110 valence electrons. The third-order valence-electron chi connectivity index (χ3n) is 4.76. The maximum atomic E-state index is 9.02. The molecule has 2 atom stereocenters. The van der Waals surface area contributed by atoms with Gasteiger partial charge in [0.15, 0.2) is 0 Å². The van der Waals surface area contributed by atoms with Crippen LogP contribution in [0.3, 0.4) is 0 Å². The molecule has 20 heavy (non-hydrogen) atoms. The first kappa shape index (κ1) is 14.1. The van der Waals surface area contributed by atoms with Gasteiger partial charge in [-0.25, -0.2) is 0 Å². The lowest BCUT2D eigenvalue weighted by molar-refractivity contribution is 0.123. The molecule has 3 heterocycles. The van der Waals surface area contributed by atoms with E-state index in [0.29, 0.717) is 12.6 Å². The molecule has 0 aliphatic carbocycles. The van der Waals surface area contributed by atoms with Gasteiger partial charge >= 0.3 is 0 Å². The molecule has 0 aromatic heterocycles. The van der Waals surface area contributed by atoms with Gasteiger partial charge in [-0.1, -0.05) is 30.3 Å². The summed E-state index contributed by atoms with van der Waals surface area (Å²) >= 11 is 0. The fourth-order valence-electron chi connectivity index (χ4n) is 3.76. The normalized spacial score (nSPS) is 27.6. The molecule has 0 amide bonds. The topological polar surface area (TPSA) is 26.7 Å². The Hall–Kier alpha value is -0.900. The van der Waals surface area contributed by atoms with Gasteiger partial charge in [0.2, 0.25) is 0 Å². The Morgan fingerprint density at radius 3 is 2.70 bits per heavy atom. The van der Waals surface area contributed by atoms with Gasteiger partial charge in [-0.05, 0) is 30.7 Å². The van der Waals surface area contributed by atoms with Gasteiger partial charge < -0.3 is 10.0 Å². The van der Waals surface area contributed by atoms with Crippen molar-refractivity contribution in [1.82, 2.24) is 9.80 Å². The molecule has 3 nitrogen and oxygen atoms in total. The van der Waals surface area contributed by atoms with Crippen LogP contribution in [0.1, 0.15) is 24.8 Å². The monoisotopic (exact) mass is 274 g/mol. The molecule has 3 aliphatic heterocycles. The second kappa shape index (κ2) is 6.70. The van der Waals surface area contributed by atoms with E-state index in [1.54, 1.807) is 0 Å². The van der Waals surface area contributed by atoms with Crippen molar-refractivity contribution in [3.05, 3.63) is 35.9 Å². The van der Waals surface area contributed by atoms with Crippen molar-refractivity contribution < 1.29 is 5.11 Å². The molecule has 0 spiro atoms. The fourth-order valence-corrected chi connectivity index (χ4v) is 3.76. The van der Waals surface area contributed by atoms with Crippen LogP contribution in [0.15, 0.2) is 30.3 Å². The summed E-state index contributed by atoms with van der Waals surface area (Å²) in [7, 11) is 0. The van der Waals surface area contributed by atoms with Gasteiger partial charge in [-0.3, -0.25) is 4.90 Å². The second-order valence-corrected chi connectivity index (χ2v) is 6.35. The number of hydrogen-bond donors (Lipinski definition) is 1. The fraction of sp³-hybridized carbons (Fsp3) is 0.647. The molecule has 3 saturated heterocycles. The lowest BCUT2D eigenvalue weighted by Crippen LogP contribution is -2.43. The van der Waals surface area contributed by atoms with Crippen molar-refractivity contribution >= 4 is 0 Å². The Balaban J connectivity index is 1.63. The summed E-state index contributed by atoms with van der Waals surface area (Å²) in [6, 6.07) is 11.5. The van der Waals surface area contributed by atoms with Crippen LogP contribution in [0.2, 0.25) is 0 Å². The van der Waals surface area contributed by atoms with Crippen LogP contribution in [0.4, 0.5) is 0 Å². The number of piperidine rings is 1. The smallest absolute Gasteiger partial charge is 0.0443 e. The molecule has 2 bridgehead atoms. The van der Waals surface area contributed by atoms with E-state index in [9.17, 15) is 0 Å². The van der Waals surface area contributed by atoms with Crippen LogP contribution in [-0.2, 0) is 6.54 Å². The average molecular weight is 274 g/mol. The van der Waals surface area contributed by atoms with Crippen molar-refractivity contribution in [2.75, 3.05) is 32.8 Å². The Kier molecular flexibility index (Phi) is 4.71. The summed E-state index contributed by atoms with van der Waals surface area (Å²) in [6.07, 6.45) is 3.64. The number of aliphatic hydroxyl groups excluding tert-OH is 1. The Bertz CT molecular complexity index is 409. The first-order chi connectivity index (χ1) is 9.85. The molecular formula is C17H26N2O. The predicted octanol–water partition coefficient (Wildman–Crippen LogP) is 1.97. The SMILES string of the molecule is OCCCN1C[C@H]2CC[C@@H](C1)N(Cc1ccccc1)C2. The zero-order chi connectivity index (χ0) is 13.8. The highest BCUT2D eigenvalue weighted by molar-refractivity contribution is 5.15. The maximum Gasteiger partial charge on any atom is 0.0443 e. The summed E-state index contributed by atoms with van der Waals surface area (Å²) in [5.41, 5.74) is 1.43. The summed E-state index contributed by atoms with van der Waals surface area (Å²) in [6.45, 7) is 6.12. The number of aliphatic hydroxyl groups is 1. The van der Waals surface area contributed by atoms with E-state index < -0.39 is 0 Å². The van der Waals surface area contributed by atoms with Crippen LogP contribution >= 0.6 is 0 Å². The van der Waals surface area contributed by atoms with Crippen LogP contribution < -0.4 is 0 Å². The van der Waals surface area contributed by atoms with Crippen molar-refractivity contribution in [2.45, 2.75) is 31.8 Å². The third-order valence-corrected chi connectivity index (χ3v) is 4.76. The highest BCUT2D eigenvalue weighted by atomic mass is 16.3. The van der Waals surface area contributed by atoms with Crippen LogP contribution in [0, 0.1) is 5.92 Å². The molecular weight excluding hydrogens is 248 g/mol.